The van der Waals surface area contributed by atoms with Gasteiger partial charge in [0.25, 0.3) is 0 Å². The van der Waals surface area contributed by atoms with Gasteiger partial charge in [-0.3, -0.25) is 0 Å². The van der Waals surface area contributed by atoms with Crippen LogP contribution < -0.4 is 0 Å². The molecule has 2 aromatic heterocycles. The summed E-state index contributed by atoms with van der Waals surface area (Å²) in [6.07, 6.45) is 0. The topological polar surface area (TPSA) is 9.86 Å². The zero-order chi connectivity index (χ0) is 22.8. The lowest BCUT2D eigenvalue weighted by atomic mass is 10.1. The van der Waals surface area contributed by atoms with Crippen molar-refractivity contribution < 1.29 is 0 Å². The minimum atomic E-state index is 1.18. The molecule has 2 heterocycles. The predicted octanol–water partition coefficient (Wildman–Crippen LogP) is 8.50. The van der Waals surface area contributed by atoms with Crippen LogP contribution in [0.25, 0.3) is 55.0 Å². The number of para-hydroxylation sites is 2. The van der Waals surface area contributed by atoms with Gasteiger partial charge in [-0.1, -0.05) is 60.2 Å². The number of benzene rings is 5. The number of aryl methyl sites for hydroxylation is 2. The minimum Gasteiger partial charge on any atom is -0.309 e. The molecule has 5 aromatic carbocycles. The molecule has 0 N–H and O–H groups in total. The lowest BCUT2D eigenvalue weighted by Gasteiger charge is -2.10. The van der Waals surface area contributed by atoms with E-state index in [2.05, 4.69) is 132 Å². The summed E-state index contributed by atoms with van der Waals surface area (Å²) in [7, 11) is 0. The molecular weight excluding hydrogens is 412 g/mol. The monoisotopic (exact) mass is 436 g/mol. The third kappa shape index (κ3) is 2.69. The van der Waals surface area contributed by atoms with Gasteiger partial charge in [-0.25, -0.2) is 0 Å². The maximum Gasteiger partial charge on any atom is 0.0562 e. The highest BCUT2D eigenvalue weighted by atomic mass is 15.0. The molecule has 7 rings (SSSR count). The Bertz CT molecular complexity index is 1870. The van der Waals surface area contributed by atoms with Crippen molar-refractivity contribution in [2.45, 2.75) is 13.8 Å². The first-order chi connectivity index (χ1) is 16.7. The number of hydrogen-bond acceptors (Lipinski definition) is 0. The van der Waals surface area contributed by atoms with Crippen LogP contribution in [0.5, 0.6) is 0 Å². The van der Waals surface area contributed by atoms with Gasteiger partial charge in [0, 0.05) is 32.9 Å². The summed E-state index contributed by atoms with van der Waals surface area (Å²) in [4.78, 5) is 0. The number of fused-ring (bicyclic) bond motifs is 6. The Morgan fingerprint density at radius 1 is 0.382 bits per heavy atom. The molecule has 0 aliphatic rings. The molecule has 0 fully saturated rings. The fourth-order valence-electron chi connectivity index (χ4n) is 5.50. The van der Waals surface area contributed by atoms with Crippen molar-refractivity contribution in [1.82, 2.24) is 9.13 Å². The molecule has 7 aromatic rings. The second-order valence-electron chi connectivity index (χ2n) is 9.27. The Hall–Kier alpha value is -4.30. The third-order valence-corrected chi connectivity index (χ3v) is 6.99. The van der Waals surface area contributed by atoms with Crippen LogP contribution in [-0.2, 0) is 0 Å². The Kier molecular flexibility index (Phi) is 4.01. The average molecular weight is 437 g/mol. The first kappa shape index (κ1) is 19.2. The van der Waals surface area contributed by atoms with Gasteiger partial charge in [0.2, 0.25) is 0 Å². The molecule has 0 aliphatic carbocycles. The fraction of sp³-hybridized carbons (Fsp3) is 0.0625. The van der Waals surface area contributed by atoms with Crippen molar-refractivity contribution in [2.75, 3.05) is 0 Å². The highest BCUT2D eigenvalue weighted by molar-refractivity contribution is 6.19. The van der Waals surface area contributed by atoms with E-state index in [4.69, 9.17) is 0 Å². The fourth-order valence-corrected chi connectivity index (χ4v) is 5.50. The molecule has 0 saturated carbocycles. The summed E-state index contributed by atoms with van der Waals surface area (Å²) in [5.41, 5.74) is 9.87. The standard InChI is InChI=1S/C32H24N2/c1-21-9-8-12-24(17-21)34-29-14-7-6-13-25(29)27-19-28-26-18-22(2)15-16-30(26)33(32(28)20-31(27)34)23-10-4-3-5-11-23/h3-20H,1-2H3. The van der Waals surface area contributed by atoms with Gasteiger partial charge < -0.3 is 9.13 Å². The highest BCUT2D eigenvalue weighted by Gasteiger charge is 2.18. The highest BCUT2D eigenvalue weighted by Crippen LogP contribution is 2.39. The van der Waals surface area contributed by atoms with Crippen LogP contribution >= 0.6 is 0 Å². The number of hydrogen-bond donors (Lipinski definition) is 0. The first-order valence-electron chi connectivity index (χ1n) is 11.8. The van der Waals surface area contributed by atoms with E-state index in [9.17, 15) is 0 Å². The zero-order valence-electron chi connectivity index (χ0n) is 19.3. The Morgan fingerprint density at radius 3 is 1.82 bits per heavy atom. The van der Waals surface area contributed by atoms with Crippen LogP contribution in [0.3, 0.4) is 0 Å². The summed E-state index contributed by atoms with van der Waals surface area (Å²) < 4.78 is 4.82. The molecule has 0 bridgehead atoms. The van der Waals surface area contributed by atoms with E-state index in [1.807, 2.05) is 0 Å². The third-order valence-electron chi connectivity index (χ3n) is 6.99. The molecular formula is C32H24N2. The average Bonchev–Trinajstić information content (AvgIpc) is 3.35. The second kappa shape index (κ2) is 7.10. The van der Waals surface area contributed by atoms with E-state index in [-0.39, 0.29) is 0 Å². The molecule has 0 atom stereocenters. The van der Waals surface area contributed by atoms with Gasteiger partial charge in [0.15, 0.2) is 0 Å². The molecule has 0 spiro atoms. The van der Waals surface area contributed by atoms with Crippen molar-refractivity contribution in [3.63, 3.8) is 0 Å². The summed E-state index contributed by atoms with van der Waals surface area (Å²) in [6.45, 7) is 4.33. The van der Waals surface area contributed by atoms with E-state index >= 15 is 0 Å². The molecule has 34 heavy (non-hydrogen) atoms. The van der Waals surface area contributed by atoms with Crippen LogP contribution in [0, 0.1) is 13.8 Å². The smallest absolute Gasteiger partial charge is 0.0562 e. The molecule has 0 aliphatic heterocycles. The van der Waals surface area contributed by atoms with Crippen molar-refractivity contribution in [2.24, 2.45) is 0 Å². The maximum atomic E-state index is 2.41. The van der Waals surface area contributed by atoms with E-state index in [1.165, 1.54) is 66.1 Å². The summed E-state index contributed by atoms with van der Waals surface area (Å²) in [6, 6.07) is 39.8. The number of nitrogens with zero attached hydrogens (tertiary/aromatic N) is 2. The minimum absolute atomic E-state index is 1.18. The van der Waals surface area contributed by atoms with Crippen LogP contribution in [0.4, 0.5) is 0 Å². The Labute approximate surface area is 198 Å². The van der Waals surface area contributed by atoms with Crippen LogP contribution in [0.15, 0.2) is 109 Å². The van der Waals surface area contributed by atoms with E-state index in [0.717, 1.165) is 0 Å². The van der Waals surface area contributed by atoms with Crippen molar-refractivity contribution in [1.29, 1.82) is 0 Å². The summed E-state index contributed by atoms with van der Waals surface area (Å²) in [5.74, 6) is 0. The van der Waals surface area contributed by atoms with Crippen molar-refractivity contribution in [3.8, 4) is 11.4 Å². The maximum absolute atomic E-state index is 2.41. The number of rotatable bonds is 2. The SMILES string of the molecule is Cc1cccc(-n2c3ccccc3c3cc4c5cc(C)ccc5n(-c5ccccc5)c4cc32)c1. The van der Waals surface area contributed by atoms with Crippen LogP contribution in [0.1, 0.15) is 11.1 Å². The summed E-state index contributed by atoms with van der Waals surface area (Å²) >= 11 is 0. The molecule has 162 valence electrons. The van der Waals surface area contributed by atoms with Crippen LogP contribution in [0.2, 0.25) is 0 Å². The van der Waals surface area contributed by atoms with Gasteiger partial charge in [-0.2, -0.15) is 0 Å². The summed E-state index contributed by atoms with van der Waals surface area (Å²) in [5, 5.41) is 5.17. The predicted molar refractivity (Wildman–Crippen MR) is 145 cm³/mol. The Balaban J connectivity index is 1.71. The molecule has 0 radical (unpaired) electrons. The molecule has 0 amide bonds. The first-order valence-corrected chi connectivity index (χ1v) is 11.8. The van der Waals surface area contributed by atoms with E-state index < -0.39 is 0 Å². The zero-order valence-corrected chi connectivity index (χ0v) is 19.3. The molecule has 2 nitrogen and oxygen atoms in total. The van der Waals surface area contributed by atoms with Crippen LogP contribution in [-0.4, -0.2) is 9.13 Å². The lowest BCUT2D eigenvalue weighted by molar-refractivity contribution is 1.16. The van der Waals surface area contributed by atoms with Gasteiger partial charge in [0.05, 0.1) is 22.1 Å². The lowest BCUT2D eigenvalue weighted by Crippen LogP contribution is -1.96. The van der Waals surface area contributed by atoms with Crippen molar-refractivity contribution >= 4 is 43.6 Å². The van der Waals surface area contributed by atoms with Crippen molar-refractivity contribution in [3.05, 3.63) is 120 Å². The number of aromatic nitrogens is 2. The Morgan fingerprint density at radius 2 is 1.00 bits per heavy atom. The largest absolute Gasteiger partial charge is 0.309 e. The molecule has 0 saturated heterocycles. The second-order valence-corrected chi connectivity index (χ2v) is 9.27. The molecule has 2 heteroatoms. The van der Waals surface area contributed by atoms with Gasteiger partial charge in [0.1, 0.15) is 0 Å². The van der Waals surface area contributed by atoms with Gasteiger partial charge in [-0.15, -0.1) is 0 Å². The quantitative estimate of drug-likeness (QED) is 0.257. The van der Waals surface area contributed by atoms with E-state index in [1.54, 1.807) is 0 Å². The molecule has 0 unspecified atom stereocenters. The van der Waals surface area contributed by atoms with Gasteiger partial charge in [-0.05, 0) is 74.0 Å². The van der Waals surface area contributed by atoms with Gasteiger partial charge >= 0.3 is 0 Å². The van der Waals surface area contributed by atoms with E-state index in [0.29, 0.717) is 0 Å². The normalized spacial score (nSPS) is 11.8.